The highest BCUT2D eigenvalue weighted by atomic mass is 79.9. The van der Waals surface area contributed by atoms with Crippen molar-refractivity contribution in [3.8, 4) is 11.4 Å². The summed E-state index contributed by atoms with van der Waals surface area (Å²) in [6, 6.07) is 2.30. The van der Waals surface area contributed by atoms with Crippen molar-refractivity contribution in [2.75, 3.05) is 0 Å². The summed E-state index contributed by atoms with van der Waals surface area (Å²) in [6.07, 6.45) is 0.656. The standard InChI is InChI=1S/C12H9BrF2N2O3/c13-10-6(4-5-7(14)11(10)15)12-16-8(20-17-12)2-1-3-9(18)19/h4-5H,1-3H2,(H,18,19). The molecule has 0 radical (unpaired) electrons. The molecule has 8 heteroatoms. The van der Waals surface area contributed by atoms with Crippen LogP contribution in [0.5, 0.6) is 0 Å². The van der Waals surface area contributed by atoms with Gasteiger partial charge in [0.1, 0.15) is 0 Å². The van der Waals surface area contributed by atoms with Crippen LogP contribution in [-0.2, 0) is 11.2 Å². The number of benzene rings is 1. The average Bonchev–Trinajstić information content (AvgIpc) is 2.84. The minimum atomic E-state index is -1.03. The molecule has 0 saturated carbocycles. The van der Waals surface area contributed by atoms with Crippen LogP contribution in [0.2, 0.25) is 0 Å². The fraction of sp³-hybridized carbons (Fsp3) is 0.250. The van der Waals surface area contributed by atoms with E-state index in [0.717, 1.165) is 6.07 Å². The summed E-state index contributed by atoms with van der Waals surface area (Å²) in [5, 5.41) is 12.2. The third-order valence-electron chi connectivity index (χ3n) is 2.53. The number of aryl methyl sites for hydroxylation is 1. The Morgan fingerprint density at radius 3 is 2.85 bits per heavy atom. The lowest BCUT2D eigenvalue weighted by Gasteiger charge is -2.00. The summed E-state index contributed by atoms with van der Waals surface area (Å²) >= 11 is 2.93. The first kappa shape index (κ1) is 14.6. The van der Waals surface area contributed by atoms with Gasteiger partial charge in [-0.1, -0.05) is 5.16 Å². The highest BCUT2D eigenvalue weighted by Gasteiger charge is 2.17. The second-order valence-corrected chi connectivity index (χ2v) is 4.77. The van der Waals surface area contributed by atoms with E-state index in [1.54, 1.807) is 0 Å². The predicted molar refractivity (Wildman–Crippen MR) is 67.9 cm³/mol. The largest absolute Gasteiger partial charge is 0.481 e. The molecule has 0 amide bonds. The van der Waals surface area contributed by atoms with E-state index in [0.29, 0.717) is 12.8 Å². The van der Waals surface area contributed by atoms with E-state index < -0.39 is 17.6 Å². The first-order valence-corrected chi connectivity index (χ1v) is 6.46. The Morgan fingerprint density at radius 2 is 2.15 bits per heavy atom. The van der Waals surface area contributed by atoms with Gasteiger partial charge in [0, 0.05) is 18.4 Å². The molecule has 0 bridgehead atoms. The van der Waals surface area contributed by atoms with E-state index in [9.17, 15) is 13.6 Å². The molecule has 0 aliphatic rings. The van der Waals surface area contributed by atoms with Crippen LogP contribution >= 0.6 is 15.9 Å². The Morgan fingerprint density at radius 1 is 1.40 bits per heavy atom. The van der Waals surface area contributed by atoms with E-state index in [1.807, 2.05) is 0 Å². The number of aromatic nitrogens is 2. The van der Waals surface area contributed by atoms with E-state index in [-0.39, 0.29) is 28.2 Å². The lowest BCUT2D eigenvalue weighted by Crippen LogP contribution is -1.96. The molecular weight excluding hydrogens is 338 g/mol. The van der Waals surface area contributed by atoms with Gasteiger partial charge >= 0.3 is 5.97 Å². The molecule has 0 aliphatic heterocycles. The minimum Gasteiger partial charge on any atom is -0.481 e. The third-order valence-corrected chi connectivity index (χ3v) is 3.30. The van der Waals surface area contributed by atoms with Crippen molar-refractivity contribution < 1.29 is 23.2 Å². The highest BCUT2D eigenvalue weighted by Crippen LogP contribution is 2.30. The minimum absolute atomic E-state index is 0.00736. The molecule has 0 unspecified atom stereocenters. The van der Waals surface area contributed by atoms with Crippen LogP contribution in [0.4, 0.5) is 8.78 Å². The molecule has 0 fully saturated rings. The van der Waals surface area contributed by atoms with Crippen LogP contribution in [0.15, 0.2) is 21.1 Å². The van der Waals surface area contributed by atoms with Gasteiger partial charge < -0.3 is 9.63 Å². The third kappa shape index (κ3) is 3.19. The number of rotatable bonds is 5. The molecule has 1 aromatic heterocycles. The molecule has 1 heterocycles. The fourth-order valence-electron chi connectivity index (χ4n) is 1.56. The molecule has 1 aromatic carbocycles. The highest BCUT2D eigenvalue weighted by molar-refractivity contribution is 9.10. The molecule has 5 nitrogen and oxygen atoms in total. The van der Waals surface area contributed by atoms with E-state index in [4.69, 9.17) is 9.63 Å². The molecule has 0 aliphatic carbocycles. The Hall–Kier alpha value is -1.83. The SMILES string of the molecule is O=C(O)CCCc1nc(-c2ccc(F)c(F)c2Br)no1. The van der Waals surface area contributed by atoms with Gasteiger partial charge in [0.15, 0.2) is 11.6 Å². The van der Waals surface area contributed by atoms with Crippen molar-refractivity contribution in [1.29, 1.82) is 0 Å². The van der Waals surface area contributed by atoms with Gasteiger partial charge in [-0.3, -0.25) is 4.79 Å². The number of aliphatic carboxylic acids is 1. The van der Waals surface area contributed by atoms with Gasteiger partial charge in [-0.05, 0) is 34.5 Å². The number of carbonyl (C=O) groups is 1. The van der Waals surface area contributed by atoms with Crippen molar-refractivity contribution in [3.05, 3.63) is 34.1 Å². The maximum atomic E-state index is 13.4. The summed E-state index contributed by atoms with van der Waals surface area (Å²) in [5.74, 6) is -2.56. The van der Waals surface area contributed by atoms with E-state index in [2.05, 4.69) is 26.1 Å². The van der Waals surface area contributed by atoms with Crippen molar-refractivity contribution in [1.82, 2.24) is 10.1 Å². The fourth-order valence-corrected chi connectivity index (χ4v) is 2.05. The monoisotopic (exact) mass is 346 g/mol. The molecule has 0 saturated heterocycles. The zero-order valence-corrected chi connectivity index (χ0v) is 11.7. The first-order chi connectivity index (χ1) is 9.49. The number of carboxylic acid groups (broad SMARTS) is 1. The number of hydrogen-bond acceptors (Lipinski definition) is 4. The predicted octanol–water partition coefficient (Wildman–Crippen LogP) is 3.18. The zero-order valence-electron chi connectivity index (χ0n) is 10.1. The zero-order chi connectivity index (χ0) is 14.7. The summed E-state index contributed by atoms with van der Waals surface area (Å²) in [4.78, 5) is 14.4. The second kappa shape index (κ2) is 6.08. The van der Waals surface area contributed by atoms with Crippen molar-refractivity contribution in [2.24, 2.45) is 0 Å². The molecule has 0 atom stereocenters. The quantitative estimate of drug-likeness (QED) is 0.841. The molecular formula is C12H9BrF2N2O3. The van der Waals surface area contributed by atoms with Gasteiger partial charge in [-0.25, -0.2) is 8.78 Å². The van der Waals surface area contributed by atoms with Gasteiger partial charge in [-0.2, -0.15) is 4.98 Å². The lowest BCUT2D eigenvalue weighted by molar-refractivity contribution is -0.137. The molecule has 106 valence electrons. The Balaban J connectivity index is 2.17. The number of carboxylic acids is 1. The topological polar surface area (TPSA) is 76.2 Å². The molecule has 0 spiro atoms. The summed E-state index contributed by atoms with van der Waals surface area (Å²) in [6.45, 7) is 0. The van der Waals surface area contributed by atoms with Gasteiger partial charge in [0.05, 0.1) is 4.47 Å². The summed E-state index contributed by atoms with van der Waals surface area (Å²) in [7, 11) is 0. The maximum absolute atomic E-state index is 13.4. The van der Waals surface area contributed by atoms with Crippen LogP contribution in [0.3, 0.4) is 0 Å². The lowest BCUT2D eigenvalue weighted by atomic mass is 10.2. The normalized spacial score (nSPS) is 10.8. The van der Waals surface area contributed by atoms with Gasteiger partial charge in [0.25, 0.3) is 0 Å². The number of nitrogens with zero attached hydrogens (tertiary/aromatic N) is 2. The Bertz CT molecular complexity index is 646. The van der Waals surface area contributed by atoms with Gasteiger partial charge in [0.2, 0.25) is 11.7 Å². The average molecular weight is 347 g/mol. The van der Waals surface area contributed by atoms with Crippen LogP contribution in [0.1, 0.15) is 18.7 Å². The van der Waals surface area contributed by atoms with Crippen molar-refractivity contribution >= 4 is 21.9 Å². The maximum Gasteiger partial charge on any atom is 0.303 e. The van der Waals surface area contributed by atoms with Gasteiger partial charge in [-0.15, -0.1) is 0 Å². The summed E-state index contributed by atoms with van der Waals surface area (Å²) < 4.78 is 31.2. The Labute approximate surface area is 120 Å². The first-order valence-electron chi connectivity index (χ1n) is 5.67. The van der Waals surface area contributed by atoms with Crippen LogP contribution < -0.4 is 0 Å². The van der Waals surface area contributed by atoms with Crippen LogP contribution in [0.25, 0.3) is 11.4 Å². The molecule has 1 N–H and O–H groups in total. The van der Waals surface area contributed by atoms with Crippen molar-refractivity contribution in [2.45, 2.75) is 19.3 Å². The number of hydrogen-bond donors (Lipinski definition) is 1. The summed E-state index contributed by atoms with van der Waals surface area (Å²) in [5.41, 5.74) is 0.261. The second-order valence-electron chi connectivity index (χ2n) is 3.98. The smallest absolute Gasteiger partial charge is 0.303 e. The van der Waals surface area contributed by atoms with E-state index >= 15 is 0 Å². The molecule has 2 aromatic rings. The molecule has 20 heavy (non-hydrogen) atoms. The van der Waals surface area contributed by atoms with Crippen LogP contribution in [0, 0.1) is 11.6 Å². The van der Waals surface area contributed by atoms with Crippen molar-refractivity contribution in [3.63, 3.8) is 0 Å². The Kier molecular flexibility index (Phi) is 4.43. The molecule has 2 rings (SSSR count). The van der Waals surface area contributed by atoms with Crippen LogP contribution in [-0.4, -0.2) is 21.2 Å². The number of halogens is 3. The van der Waals surface area contributed by atoms with E-state index in [1.165, 1.54) is 6.07 Å².